The fourth-order valence-electron chi connectivity index (χ4n) is 3.69. The number of aryl methyl sites for hydroxylation is 2. The summed E-state index contributed by atoms with van der Waals surface area (Å²) in [5, 5.41) is 2.94. The van der Waals surface area contributed by atoms with Crippen molar-refractivity contribution in [2.24, 2.45) is 0 Å². The Bertz CT molecular complexity index is 1080. The molecule has 2 heterocycles. The van der Waals surface area contributed by atoms with Crippen LogP contribution in [0, 0.1) is 0 Å². The summed E-state index contributed by atoms with van der Waals surface area (Å²) in [6.45, 7) is 4.58. The molecular weight excluding hydrogens is 370 g/mol. The minimum absolute atomic E-state index is 0.0669. The zero-order valence-corrected chi connectivity index (χ0v) is 16.5. The Kier molecular flexibility index (Phi) is 5.55. The van der Waals surface area contributed by atoms with E-state index in [0.717, 1.165) is 28.1 Å². The fraction of sp³-hybridized carbons (Fsp3) is 0.364. The number of para-hydroxylation sites is 2. The zero-order chi connectivity index (χ0) is 20.2. The molecule has 7 heteroatoms. The standard InChI is InChI=1S/C22H25N3O4/c1-2-24-17-5-3-4-6-18(17)25(22(24)27)12-10-21(26)23-11-9-16-7-8-19-20(15-16)29-14-13-28-19/h3-8,15H,2,9-14H2,1H3,(H,23,26). The van der Waals surface area contributed by atoms with Crippen molar-refractivity contribution in [3.05, 3.63) is 58.5 Å². The van der Waals surface area contributed by atoms with E-state index in [1.807, 2.05) is 49.4 Å². The van der Waals surface area contributed by atoms with Crippen LogP contribution in [0.1, 0.15) is 18.9 Å². The Balaban J connectivity index is 1.33. The molecule has 0 saturated carbocycles. The maximum absolute atomic E-state index is 12.6. The number of fused-ring (bicyclic) bond motifs is 2. The average molecular weight is 395 g/mol. The number of nitrogens with zero attached hydrogens (tertiary/aromatic N) is 2. The molecule has 0 aliphatic carbocycles. The second kappa shape index (κ2) is 8.43. The maximum Gasteiger partial charge on any atom is 0.329 e. The molecule has 0 bridgehead atoms. The van der Waals surface area contributed by atoms with Gasteiger partial charge in [0.15, 0.2) is 11.5 Å². The van der Waals surface area contributed by atoms with Gasteiger partial charge in [-0.1, -0.05) is 18.2 Å². The largest absolute Gasteiger partial charge is 0.486 e. The number of amides is 1. The molecule has 0 fully saturated rings. The summed E-state index contributed by atoms with van der Waals surface area (Å²) in [4.78, 5) is 24.9. The van der Waals surface area contributed by atoms with E-state index >= 15 is 0 Å². The van der Waals surface area contributed by atoms with Crippen molar-refractivity contribution in [1.82, 2.24) is 14.5 Å². The van der Waals surface area contributed by atoms with Crippen LogP contribution < -0.4 is 20.5 Å². The molecule has 1 amide bonds. The van der Waals surface area contributed by atoms with Crippen molar-refractivity contribution in [1.29, 1.82) is 0 Å². The second-order valence-corrected chi connectivity index (χ2v) is 7.00. The number of rotatable bonds is 7. The van der Waals surface area contributed by atoms with Gasteiger partial charge < -0.3 is 14.8 Å². The minimum Gasteiger partial charge on any atom is -0.486 e. The predicted molar refractivity (Wildman–Crippen MR) is 111 cm³/mol. The van der Waals surface area contributed by atoms with Gasteiger partial charge >= 0.3 is 5.69 Å². The summed E-state index contributed by atoms with van der Waals surface area (Å²) in [5.74, 6) is 1.45. The highest BCUT2D eigenvalue weighted by Gasteiger charge is 2.13. The Hall–Kier alpha value is -3.22. The molecule has 7 nitrogen and oxygen atoms in total. The van der Waals surface area contributed by atoms with Crippen molar-refractivity contribution in [2.75, 3.05) is 19.8 Å². The molecular formula is C22H25N3O4. The lowest BCUT2D eigenvalue weighted by Gasteiger charge is -2.18. The third kappa shape index (κ3) is 3.99. The molecule has 0 unspecified atom stereocenters. The van der Waals surface area contributed by atoms with Crippen molar-refractivity contribution in [3.63, 3.8) is 0 Å². The van der Waals surface area contributed by atoms with Crippen molar-refractivity contribution in [3.8, 4) is 11.5 Å². The Morgan fingerprint density at radius 3 is 2.52 bits per heavy atom. The smallest absolute Gasteiger partial charge is 0.329 e. The lowest BCUT2D eigenvalue weighted by atomic mass is 10.1. The van der Waals surface area contributed by atoms with E-state index < -0.39 is 0 Å². The molecule has 0 saturated heterocycles. The van der Waals surface area contributed by atoms with Crippen LogP contribution in [0.25, 0.3) is 11.0 Å². The molecule has 2 aromatic carbocycles. The molecule has 1 aliphatic heterocycles. The van der Waals surface area contributed by atoms with Crippen LogP contribution in [0.4, 0.5) is 0 Å². The average Bonchev–Trinajstić information content (AvgIpc) is 3.02. The fourth-order valence-corrected chi connectivity index (χ4v) is 3.69. The molecule has 152 valence electrons. The first-order valence-electron chi connectivity index (χ1n) is 10.0. The van der Waals surface area contributed by atoms with Gasteiger partial charge in [-0.05, 0) is 43.2 Å². The van der Waals surface area contributed by atoms with Crippen LogP contribution in [0.5, 0.6) is 11.5 Å². The van der Waals surface area contributed by atoms with E-state index in [4.69, 9.17) is 9.47 Å². The summed E-state index contributed by atoms with van der Waals surface area (Å²) in [7, 11) is 0. The number of carbonyl (C=O) groups excluding carboxylic acids is 1. The number of benzene rings is 2. The molecule has 29 heavy (non-hydrogen) atoms. The topological polar surface area (TPSA) is 74.5 Å². The summed E-state index contributed by atoms with van der Waals surface area (Å²) < 4.78 is 14.5. The number of hydrogen-bond acceptors (Lipinski definition) is 4. The van der Waals surface area contributed by atoms with Gasteiger partial charge in [0.05, 0.1) is 11.0 Å². The first-order valence-corrected chi connectivity index (χ1v) is 10.0. The Labute approximate surface area is 168 Å². The van der Waals surface area contributed by atoms with E-state index in [1.54, 1.807) is 9.13 Å². The quantitative estimate of drug-likeness (QED) is 0.666. The highest BCUT2D eigenvalue weighted by Crippen LogP contribution is 2.30. The molecule has 0 radical (unpaired) electrons. The highest BCUT2D eigenvalue weighted by atomic mass is 16.6. The van der Waals surface area contributed by atoms with E-state index in [1.165, 1.54) is 0 Å². The molecule has 1 aliphatic rings. The highest BCUT2D eigenvalue weighted by molar-refractivity contribution is 5.78. The molecule has 1 aromatic heterocycles. The summed E-state index contributed by atoms with van der Waals surface area (Å²) >= 11 is 0. The van der Waals surface area contributed by atoms with Gasteiger partial charge in [0, 0.05) is 26.1 Å². The number of ether oxygens (including phenoxy) is 2. The predicted octanol–water partition coefficient (Wildman–Crippen LogP) is 2.34. The molecule has 4 rings (SSSR count). The lowest BCUT2D eigenvalue weighted by molar-refractivity contribution is -0.121. The van der Waals surface area contributed by atoms with Gasteiger partial charge in [0.1, 0.15) is 13.2 Å². The number of hydrogen-bond donors (Lipinski definition) is 1. The molecule has 0 spiro atoms. The minimum atomic E-state index is -0.0715. The Morgan fingerprint density at radius 2 is 1.76 bits per heavy atom. The Morgan fingerprint density at radius 1 is 1.03 bits per heavy atom. The third-order valence-corrected chi connectivity index (χ3v) is 5.15. The van der Waals surface area contributed by atoms with Crippen molar-refractivity contribution < 1.29 is 14.3 Å². The van der Waals surface area contributed by atoms with Crippen LogP contribution in [0.15, 0.2) is 47.3 Å². The summed E-state index contributed by atoms with van der Waals surface area (Å²) in [5.41, 5.74) is 2.78. The van der Waals surface area contributed by atoms with Crippen molar-refractivity contribution in [2.45, 2.75) is 32.9 Å². The van der Waals surface area contributed by atoms with Gasteiger partial charge in [0.25, 0.3) is 0 Å². The normalized spacial score (nSPS) is 12.9. The second-order valence-electron chi connectivity index (χ2n) is 7.00. The van der Waals surface area contributed by atoms with Crippen LogP contribution >= 0.6 is 0 Å². The van der Waals surface area contributed by atoms with Crippen LogP contribution in [0.2, 0.25) is 0 Å². The van der Waals surface area contributed by atoms with Gasteiger partial charge in [-0.2, -0.15) is 0 Å². The molecule has 1 N–H and O–H groups in total. The third-order valence-electron chi connectivity index (χ3n) is 5.15. The lowest BCUT2D eigenvalue weighted by Crippen LogP contribution is -2.29. The van der Waals surface area contributed by atoms with Crippen LogP contribution in [-0.2, 0) is 24.3 Å². The maximum atomic E-state index is 12.6. The van der Waals surface area contributed by atoms with E-state index in [2.05, 4.69) is 5.32 Å². The zero-order valence-electron chi connectivity index (χ0n) is 16.5. The van der Waals surface area contributed by atoms with E-state index in [-0.39, 0.29) is 18.0 Å². The van der Waals surface area contributed by atoms with Crippen LogP contribution in [0.3, 0.4) is 0 Å². The molecule has 0 atom stereocenters. The van der Waals surface area contributed by atoms with Gasteiger partial charge in [-0.25, -0.2) is 4.79 Å². The van der Waals surface area contributed by atoms with Gasteiger partial charge in [-0.3, -0.25) is 13.9 Å². The number of aromatic nitrogens is 2. The van der Waals surface area contributed by atoms with E-state index in [9.17, 15) is 9.59 Å². The first-order chi connectivity index (χ1) is 14.2. The number of imidazole rings is 1. The van der Waals surface area contributed by atoms with Crippen molar-refractivity contribution >= 4 is 16.9 Å². The number of nitrogens with one attached hydrogen (secondary N) is 1. The number of carbonyl (C=O) groups is 1. The molecule has 3 aromatic rings. The van der Waals surface area contributed by atoms with Gasteiger partial charge in [0.2, 0.25) is 5.91 Å². The van der Waals surface area contributed by atoms with Gasteiger partial charge in [-0.15, -0.1) is 0 Å². The van der Waals surface area contributed by atoms with E-state index in [0.29, 0.717) is 39.3 Å². The summed E-state index contributed by atoms with van der Waals surface area (Å²) in [6.07, 6.45) is 0.968. The van der Waals surface area contributed by atoms with Crippen LogP contribution in [-0.4, -0.2) is 34.8 Å². The monoisotopic (exact) mass is 395 g/mol. The first kappa shape index (κ1) is 19.1. The SMILES string of the molecule is CCn1c(=O)n(CCC(=O)NCCc2ccc3c(c2)OCCO3)c2ccccc21. The summed E-state index contributed by atoms with van der Waals surface area (Å²) in [6, 6.07) is 13.5.